The minimum atomic E-state index is -0.474. The highest BCUT2D eigenvalue weighted by molar-refractivity contribution is 8.01. The Labute approximate surface area is 143 Å². The van der Waals surface area contributed by atoms with Crippen molar-refractivity contribution < 1.29 is 14.0 Å². The zero-order valence-electron chi connectivity index (χ0n) is 12.9. The van der Waals surface area contributed by atoms with Gasteiger partial charge in [-0.2, -0.15) is 0 Å². The third kappa shape index (κ3) is 3.94. The predicted molar refractivity (Wildman–Crippen MR) is 94.7 cm³/mol. The average molecular weight is 344 g/mol. The van der Waals surface area contributed by atoms with Gasteiger partial charge in [-0.3, -0.25) is 9.59 Å². The summed E-state index contributed by atoms with van der Waals surface area (Å²) < 4.78 is 13.5. The summed E-state index contributed by atoms with van der Waals surface area (Å²) in [5.74, 6) is -0.787. The van der Waals surface area contributed by atoms with Gasteiger partial charge < -0.3 is 10.6 Å². The molecule has 0 aliphatic carbocycles. The van der Waals surface area contributed by atoms with E-state index in [-0.39, 0.29) is 28.5 Å². The zero-order valence-corrected chi connectivity index (χ0v) is 13.7. The van der Waals surface area contributed by atoms with Gasteiger partial charge in [0.15, 0.2) is 0 Å². The van der Waals surface area contributed by atoms with E-state index in [2.05, 4.69) is 10.6 Å². The van der Waals surface area contributed by atoms with Gasteiger partial charge in [-0.1, -0.05) is 30.3 Å². The van der Waals surface area contributed by atoms with Gasteiger partial charge >= 0.3 is 0 Å². The van der Waals surface area contributed by atoms with Gasteiger partial charge in [-0.05, 0) is 36.6 Å². The molecule has 0 saturated heterocycles. The monoisotopic (exact) mass is 344 g/mol. The number of amides is 2. The van der Waals surface area contributed by atoms with Crippen LogP contribution in [0.1, 0.15) is 12.0 Å². The standard InChI is InChI=1S/C18H17FN2O2S/c19-13-6-2-4-8-15(13)20-17(22)11-24-16-10-9-12-5-1-3-7-14(12)21-18(16)23/h1-8,16H,9-11H2,(H,20,22)(H,21,23)/t16-/m0/s1. The molecule has 3 rings (SSSR count). The van der Waals surface area contributed by atoms with Crippen molar-refractivity contribution in [1.29, 1.82) is 0 Å². The second-order valence-corrected chi connectivity index (χ2v) is 6.70. The third-order valence-electron chi connectivity index (χ3n) is 3.81. The molecule has 2 amide bonds. The van der Waals surface area contributed by atoms with Crippen molar-refractivity contribution in [2.24, 2.45) is 0 Å². The Balaban J connectivity index is 1.56. The van der Waals surface area contributed by atoms with Crippen LogP contribution in [-0.4, -0.2) is 22.8 Å². The van der Waals surface area contributed by atoms with Crippen molar-refractivity contribution in [1.82, 2.24) is 0 Å². The van der Waals surface area contributed by atoms with Crippen molar-refractivity contribution in [3.05, 3.63) is 59.9 Å². The number of carbonyl (C=O) groups excluding carboxylic acids is 2. The summed E-state index contributed by atoms with van der Waals surface area (Å²) in [5.41, 5.74) is 2.09. The molecule has 0 radical (unpaired) electrons. The minimum absolute atomic E-state index is 0.0939. The Morgan fingerprint density at radius 1 is 1.21 bits per heavy atom. The maximum Gasteiger partial charge on any atom is 0.237 e. The van der Waals surface area contributed by atoms with Crippen LogP contribution in [0.3, 0.4) is 0 Å². The van der Waals surface area contributed by atoms with Crippen LogP contribution in [0.2, 0.25) is 0 Å². The molecule has 24 heavy (non-hydrogen) atoms. The number of para-hydroxylation sites is 2. The Bertz CT molecular complexity index is 766. The lowest BCUT2D eigenvalue weighted by Crippen LogP contribution is -2.26. The number of fused-ring (bicyclic) bond motifs is 1. The van der Waals surface area contributed by atoms with Gasteiger partial charge in [0.05, 0.1) is 16.7 Å². The number of halogens is 1. The fourth-order valence-electron chi connectivity index (χ4n) is 2.58. The molecule has 0 bridgehead atoms. The largest absolute Gasteiger partial charge is 0.325 e. The summed E-state index contributed by atoms with van der Waals surface area (Å²) in [6.45, 7) is 0. The van der Waals surface area contributed by atoms with Gasteiger partial charge in [-0.25, -0.2) is 4.39 Å². The molecule has 124 valence electrons. The Hall–Kier alpha value is -2.34. The zero-order chi connectivity index (χ0) is 16.9. The highest BCUT2D eigenvalue weighted by Gasteiger charge is 2.24. The van der Waals surface area contributed by atoms with Crippen molar-refractivity contribution >= 4 is 35.0 Å². The second-order valence-electron chi connectivity index (χ2n) is 5.51. The van der Waals surface area contributed by atoms with Crippen LogP contribution < -0.4 is 10.6 Å². The lowest BCUT2D eigenvalue weighted by atomic mass is 10.1. The number of hydrogen-bond acceptors (Lipinski definition) is 3. The molecule has 2 N–H and O–H groups in total. The van der Waals surface area contributed by atoms with Crippen LogP contribution >= 0.6 is 11.8 Å². The number of carbonyl (C=O) groups is 2. The Morgan fingerprint density at radius 3 is 2.79 bits per heavy atom. The fourth-order valence-corrected chi connectivity index (χ4v) is 3.49. The van der Waals surface area contributed by atoms with Crippen LogP contribution in [0.15, 0.2) is 48.5 Å². The Morgan fingerprint density at radius 2 is 1.96 bits per heavy atom. The van der Waals surface area contributed by atoms with E-state index in [1.165, 1.54) is 23.9 Å². The molecular weight excluding hydrogens is 327 g/mol. The number of nitrogens with one attached hydrogen (secondary N) is 2. The normalized spacial score (nSPS) is 16.7. The number of rotatable bonds is 4. The third-order valence-corrected chi connectivity index (χ3v) is 5.09. The van der Waals surface area contributed by atoms with Gasteiger partial charge in [0.2, 0.25) is 11.8 Å². The molecule has 0 saturated carbocycles. The van der Waals surface area contributed by atoms with E-state index in [0.29, 0.717) is 6.42 Å². The van der Waals surface area contributed by atoms with E-state index in [0.717, 1.165) is 17.7 Å². The number of aryl methyl sites for hydroxylation is 1. The fraction of sp³-hybridized carbons (Fsp3) is 0.222. The highest BCUT2D eigenvalue weighted by Crippen LogP contribution is 2.27. The van der Waals surface area contributed by atoms with Crippen molar-refractivity contribution in [2.45, 2.75) is 18.1 Å². The summed E-state index contributed by atoms with van der Waals surface area (Å²) in [4.78, 5) is 24.3. The van der Waals surface area contributed by atoms with Gasteiger partial charge in [0.1, 0.15) is 5.82 Å². The lowest BCUT2D eigenvalue weighted by molar-refractivity contribution is -0.115. The van der Waals surface area contributed by atoms with Gasteiger partial charge in [0, 0.05) is 5.69 Å². The van der Waals surface area contributed by atoms with E-state index >= 15 is 0 Å². The van der Waals surface area contributed by atoms with Crippen LogP contribution in [0.4, 0.5) is 15.8 Å². The number of thioether (sulfide) groups is 1. The first-order valence-corrected chi connectivity index (χ1v) is 8.73. The maximum atomic E-state index is 13.5. The van der Waals surface area contributed by atoms with E-state index in [1.807, 2.05) is 24.3 Å². The molecule has 0 unspecified atom stereocenters. The number of hydrogen-bond donors (Lipinski definition) is 2. The van der Waals surface area contributed by atoms with E-state index < -0.39 is 5.82 Å². The predicted octanol–water partition coefficient (Wildman–Crippen LogP) is 3.45. The molecule has 2 aromatic rings. The summed E-state index contributed by atoms with van der Waals surface area (Å²) in [6, 6.07) is 13.7. The number of anilines is 2. The van der Waals surface area contributed by atoms with Crippen LogP contribution in [0.5, 0.6) is 0 Å². The summed E-state index contributed by atoms with van der Waals surface area (Å²) in [6.07, 6.45) is 1.45. The highest BCUT2D eigenvalue weighted by atomic mass is 32.2. The summed E-state index contributed by atoms with van der Waals surface area (Å²) in [7, 11) is 0. The number of benzene rings is 2. The quantitative estimate of drug-likeness (QED) is 0.893. The average Bonchev–Trinajstić information content (AvgIpc) is 2.73. The molecular formula is C18H17FN2O2S. The molecule has 1 heterocycles. The summed E-state index contributed by atoms with van der Waals surface area (Å²) >= 11 is 1.28. The van der Waals surface area contributed by atoms with Crippen molar-refractivity contribution in [3.63, 3.8) is 0 Å². The maximum absolute atomic E-state index is 13.5. The molecule has 0 aromatic heterocycles. The van der Waals surface area contributed by atoms with Crippen molar-refractivity contribution in [3.8, 4) is 0 Å². The molecule has 1 aliphatic heterocycles. The first-order valence-electron chi connectivity index (χ1n) is 7.68. The van der Waals surface area contributed by atoms with Gasteiger partial charge in [0.25, 0.3) is 0 Å². The van der Waals surface area contributed by atoms with Gasteiger partial charge in [-0.15, -0.1) is 11.8 Å². The lowest BCUT2D eigenvalue weighted by Gasteiger charge is -2.13. The molecule has 4 nitrogen and oxygen atoms in total. The van der Waals surface area contributed by atoms with E-state index in [9.17, 15) is 14.0 Å². The summed E-state index contributed by atoms with van der Waals surface area (Å²) in [5, 5.41) is 5.13. The molecule has 0 fully saturated rings. The molecule has 2 aromatic carbocycles. The molecule has 6 heteroatoms. The van der Waals surface area contributed by atoms with E-state index in [1.54, 1.807) is 12.1 Å². The molecule has 1 aliphatic rings. The van der Waals surface area contributed by atoms with Crippen LogP contribution in [0, 0.1) is 5.82 Å². The molecule has 0 spiro atoms. The van der Waals surface area contributed by atoms with Crippen LogP contribution in [-0.2, 0) is 16.0 Å². The van der Waals surface area contributed by atoms with E-state index in [4.69, 9.17) is 0 Å². The SMILES string of the molecule is O=C(CS[C@H]1CCc2ccccc2NC1=O)Nc1ccccc1F. The van der Waals surface area contributed by atoms with Crippen LogP contribution in [0.25, 0.3) is 0 Å². The Kier molecular flexibility index (Phi) is 5.15. The first-order chi connectivity index (χ1) is 11.6. The topological polar surface area (TPSA) is 58.2 Å². The smallest absolute Gasteiger partial charge is 0.237 e. The minimum Gasteiger partial charge on any atom is -0.325 e. The molecule has 1 atom stereocenters. The second kappa shape index (κ2) is 7.49. The van der Waals surface area contributed by atoms with Crippen molar-refractivity contribution in [2.75, 3.05) is 16.4 Å². The first kappa shape index (κ1) is 16.5.